The number of aliphatic hydroxyl groups excluding tert-OH is 1. The Morgan fingerprint density at radius 3 is 1.28 bits per heavy atom. The molecule has 1 N–H and O–H groups in total. The fourth-order valence-electron chi connectivity index (χ4n) is 6.71. The Balaban J connectivity index is 0.00000167. The molecule has 1 nitrogen and oxygen atoms in total. The SMILES string of the molecule is OCc1cc2c([PH+](c3ccccc3)c3ccccc3)cc1CCc1ccc(cc1[PH+](c1ccccc1)c1ccccc1)CC2.[CH3-].[CH3-].[Rh+2]. The van der Waals surface area contributed by atoms with Gasteiger partial charge in [-0.1, -0.05) is 84.9 Å². The molecule has 0 heterocycles. The van der Waals surface area contributed by atoms with Crippen molar-refractivity contribution < 1.29 is 24.6 Å². The van der Waals surface area contributed by atoms with Gasteiger partial charge in [0, 0.05) is 0 Å². The van der Waals surface area contributed by atoms with E-state index in [-0.39, 0.29) is 40.9 Å². The predicted octanol–water partition coefficient (Wildman–Crippen LogP) is 6.94. The van der Waals surface area contributed by atoms with E-state index in [1.54, 1.807) is 0 Å². The van der Waals surface area contributed by atoms with E-state index in [1.165, 1.54) is 54.1 Å². The van der Waals surface area contributed by atoms with Gasteiger partial charge >= 0.3 is 19.5 Å². The standard InChI is InChI=1S/C41H36OP2.2CH3.Rh/c42-30-35-28-34-24-22-31-21-23-32(40(27-31)43(36-13-5-1-6-14-36)37-15-7-2-8-16-37)25-26-33(35)29-41(34)44(38-17-9-3-10-18-38)39-19-11-4-12-20-39;;;/h1-21,23,27-29,42H,22,24-26,30H2;2*1H3;/q;2*-1;+2/p+2. The van der Waals surface area contributed by atoms with Gasteiger partial charge in [0.05, 0.1) is 22.5 Å². The van der Waals surface area contributed by atoms with Crippen LogP contribution in [0, 0.1) is 14.9 Å². The zero-order valence-corrected chi connectivity index (χ0v) is 30.9. The first kappa shape index (κ1) is 36.6. The molecule has 239 valence electrons. The monoisotopic (exact) mass is 741 g/mol. The number of aryl methyl sites for hydroxylation is 4. The van der Waals surface area contributed by atoms with Gasteiger partial charge in [0.2, 0.25) is 0 Å². The van der Waals surface area contributed by atoms with Crippen LogP contribution in [0.15, 0.2) is 152 Å². The summed E-state index contributed by atoms with van der Waals surface area (Å²) in [6.45, 7) is 0.0782. The average Bonchev–Trinajstić information content (AvgIpc) is 3.08. The van der Waals surface area contributed by atoms with E-state index in [2.05, 4.69) is 152 Å². The van der Waals surface area contributed by atoms with Crippen molar-refractivity contribution in [3.05, 3.63) is 194 Å². The third-order valence-corrected chi connectivity index (χ3v) is 14.6. The summed E-state index contributed by atoms with van der Waals surface area (Å²) >= 11 is 0. The Kier molecular flexibility index (Phi) is 13.4. The molecule has 4 aliphatic rings. The summed E-state index contributed by atoms with van der Waals surface area (Å²) in [4.78, 5) is 0. The molecule has 4 aliphatic carbocycles. The molecule has 0 atom stereocenters. The van der Waals surface area contributed by atoms with Crippen molar-refractivity contribution in [1.29, 1.82) is 0 Å². The third kappa shape index (κ3) is 8.08. The largest absolute Gasteiger partial charge is 2.00 e. The number of hydrogen-bond donors (Lipinski definition) is 1. The van der Waals surface area contributed by atoms with Gasteiger partial charge in [-0.2, -0.15) is 0 Å². The Labute approximate surface area is 297 Å². The molecule has 0 unspecified atom stereocenters. The summed E-state index contributed by atoms with van der Waals surface area (Å²) in [5, 5.41) is 19.2. The van der Waals surface area contributed by atoms with Crippen LogP contribution in [-0.2, 0) is 51.8 Å². The Hall–Kier alpha value is -3.24. The summed E-state index contributed by atoms with van der Waals surface area (Å²) in [5.74, 6) is 0. The second-order valence-corrected chi connectivity index (χ2v) is 16.5. The first-order valence-electron chi connectivity index (χ1n) is 15.6. The normalized spacial score (nSPS) is 12.0. The topological polar surface area (TPSA) is 20.2 Å². The molecule has 0 spiro atoms. The number of benzene rings is 6. The van der Waals surface area contributed by atoms with E-state index in [0.717, 1.165) is 31.2 Å². The Bertz CT molecular complexity index is 1770. The maximum absolute atomic E-state index is 10.6. The smallest absolute Gasteiger partial charge is 0.392 e. The molecule has 0 saturated heterocycles. The van der Waals surface area contributed by atoms with Crippen LogP contribution < -0.4 is 31.8 Å². The van der Waals surface area contributed by atoms with E-state index in [0.29, 0.717) is 0 Å². The molecule has 0 aliphatic heterocycles. The molecule has 0 fully saturated rings. The van der Waals surface area contributed by atoms with Crippen LogP contribution in [0.1, 0.15) is 27.8 Å². The van der Waals surface area contributed by atoms with Gasteiger partial charge in [-0.25, -0.2) is 0 Å². The van der Waals surface area contributed by atoms with Crippen LogP contribution in [0.2, 0.25) is 0 Å². The van der Waals surface area contributed by atoms with Crippen molar-refractivity contribution in [1.82, 2.24) is 0 Å². The van der Waals surface area contributed by atoms with Gasteiger partial charge < -0.3 is 20.0 Å². The molecular weight excluding hydrogens is 697 g/mol. The molecule has 4 bridgehead atoms. The fourth-order valence-corrected chi connectivity index (χ4v) is 12.4. The Morgan fingerprint density at radius 2 is 0.830 bits per heavy atom. The average molecular weight is 742 g/mol. The summed E-state index contributed by atoms with van der Waals surface area (Å²) in [6, 6.07) is 56.4. The maximum atomic E-state index is 10.6. The second kappa shape index (κ2) is 17.2. The molecule has 0 saturated carbocycles. The molecule has 6 aromatic carbocycles. The van der Waals surface area contributed by atoms with Crippen molar-refractivity contribution >= 4 is 47.7 Å². The van der Waals surface area contributed by atoms with Gasteiger partial charge in [-0.15, -0.1) is 0 Å². The molecule has 1 radical (unpaired) electrons. The van der Waals surface area contributed by atoms with Crippen molar-refractivity contribution in [2.75, 3.05) is 0 Å². The fraction of sp³-hybridized carbons (Fsp3) is 0.116. The Morgan fingerprint density at radius 1 is 0.426 bits per heavy atom. The molecule has 0 amide bonds. The molecule has 4 heteroatoms. The first-order valence-corrected chi connectivity index (χ1v) is 18.6. The minimum atomic E-state index is -1.22. The zero-order valence-electron chi connectivity index (χ0n) is 27.2. The minimum absolute atomic E-state index is 0. The minimum Gasteiger partial charge on any atom is -0.392 e. The number of hydrogen-bond acceptors (Lipinski definition) is 1. The van der Waals surface area contributed by atoms with E-state index in [4.69, 9.17) is 0 Å². The van der Waals surface area contributed by atoms with Crippen LogP contribution in [0.5, 0.6) is 0 Å². The summed E-state index contributed by atoms with van der Waals surface area (Å²) in [7, 11) is -2.41. The molecule has 47 heavy (non-hydrogen) atoms. The summed E-state index contributed by atoms with van der Waals surface area (Å²) < 4.78 is 0. The van der Waals surface area contributed by atoms with Gasteiger partial charge in [0.15, 0.2) is 0 Å². The number of rotatable bonds is 7. The van der Waals surface area contributed by atoms with E-state index >= 15 is 0 Å². The third-order valence-electron chi connectivity index (χ3n) is 8.91. The quantitative estimate of drug-likeness (QED) is 0.107. The van der Waals surface area contributed by atoms with Gasteiger partial charge in [-0.05, 0) is 120 Å². The van der Waals surface area contributed by atoms with Gasteiger partial charge in [-0.3, -0.25) is 0 Å². The zero-order chi connectivity index (χ0) is 29.7. The van der Waals surface area contributed by atoms with Gasteiger partial charge in [0.25, 0.3) is 0 Å². The van der Waals surface area contributed by atoms with Crippen LogP contribution >= 0.6 is 15.8 Å². The van der Waals surface area contributed by atoms with Gasteiger partial charge in [0.1, 0.15) is 31.8 Å². The predicted molar refractivity (Wildman–Crippen MR) is 207 cm³/mol. The van der Waals surface area contributed by atoms with E-state index in [1.807, 2.05) is 0 Å². The van der Waals surface area contributed by atoms with Crippen LogP contribution in [0.3, 0.4) is 0 Å². The van der Waals surface area contributed by atoms with E-state index in [9.17, 15) is 5.11 Å². The van der Waals surface area contributed by atoms with E-state index < -0.39 is 15.8 Å². The summed E-state index contributed by atoms with van der Waals surface area (Å²) in [6.07, 6.45) is 3.79. The molecule has 0 aromatic heterocycles. The maximum Gasteiger partial charge on any atom is 2.00 e. The van der Waals surface area contributed by atoms with Crippen LogP contribution in [-0.4, -0.2) is 5.11 Å². The second-order valence-electron chi connectivity index (χ2n) is 11.6. The number of aliphatic hydroxyl groups is 1. The van der Waals surface area contributed by atoms with Crippen molar-refractivity contribution in [2.45, 2.75) is 32.3 Å². The van der Waals surface area contributed by atoms with Crippen molar-refractivity contribution in [3.63, 3.8) is 0 Å². The molecule has 10 rings (SSSR count). The van der Waals surface area contributed by atoms with Crippen LogP contribution in [0.25, 0.3) is 0 Å². The van der Waals surface area contributed by atoms with Crippen molar-refractivity contribution in [3.8, 4) is 0 Å². The van der Waals surface area contributed by atoms with Crippen molar-refractivity contribution in [2.24, 2.45) is 0 Å². The summed E-state index contributed by atoms with van der Waals surface area (Å²) in [5.41, 5.74) is 6.57. The first-order chi connectivity index (χ1) is 21.8. The molecule has 6 aromatic rings. The molecular formula is C43H44OP2Rh+2. The van der Waals surface area contributed by atoms with Crippen LogP contribution in [0.4, 0.5) is 0 Å².